The topological polar surface area (TPSA) is 483 Å². The number of hydrogen-bond donors (Lipinski definition) is 15. The van der Waals surface area contributed by atoms with E-state index in [0.29, 0.717) is 24.9 Å². The number of aliphatic carboxylic acids is 2. The van der Waals surface area contributed by atoms with Gasteiger partial charge in [0.2, 0.25) is 53.2 Å². The summed E-state index contributed by atoms with van der Waals surface area (Å²) in [5, 5.41) is 39.9. The van der Waals surface area contributed by atoms with Crippen LogP contribution in [0.15, 0.2) is 40.3 Å². The van der Waals surface area contributed by atoms with Crippen molar-refractivity contribution in [2.75, 3.05) is 26.2 Å². The number of amides is 9. The molecular formula is C53H88N16O13. The molecule has 1 aliphatic rings. The summed E-state index contributed by atoms with van der Waals surface area (Å²) in [6.45, 7) is 12.0. The number of benzene rings is 1. The SMILES string of the molecule is CC(C)C[C@H](NC(=O)[C@H](CC(=O)O)NC(=O)[C@H](Cc1ccccc1)NC(=O)[C@H](C)NC(=O)[C@H](CCCN=C(N)N)NC(=O)[C@H](CC(C)C)NC(=O)[C@H](CCCN=C(N)N)NC(=O)[C@H](CC(C)C)NC(=O)[C@@H]1CCCN1C(=O)CN)C(=O)O. The number of guanidine groups is 2. The van der Waals surface area contributed by atoms with Crippen LogP contribution in [-0.4, -0.2) is 173 Å². The highest BCUT2D eigenvalue weighted by molar-refractivity contribution is 5.99. The lowest BCUT2D eigenvalue weighted by molar-refractivity contribution is -0.144. The van der Waals surface area contributed by atoms with E-state index in [-0.39, 0.29) is 101 Å². The molecule has 0 spiro atoms. The summed E-state index contributed by atoms with van der Waals surface area (Å²) in [4.78, 5) is 157. The van der Waals surface area contributed by atoms with Crippen LogP contribution >= 0.6 is 0 Å². The van der Waals surface area contributed by atoms with Gasteiger partial charge in [0.25, 0.3) is 0 Å². The molecule has 1 fully saturated rings. The van der Waals surface area contributed by atoms with Crippen LogP contribution in [0.4, 0.5) is 0 Å². The first-order valence-electron chi connectivity index (χ1n) is 27.5. The second kappa shape index (κ2) is 35.6. The minimum atomic E-state index is -1.77. The van der Waals surface area contributed by atoms with Crippen molar-refractivity contribution in [2.24, 2.45) is 56.4 Å². The maximum atomic E-state index is 14.4. The van der Waals surface area contributed by atoms with E-state index >= 15 is 0 Å². The fraction of sp³-hybridized carbons (Fsp3) is 0.642. The number of carboxylic acid groups (broad SMARTS) is 2. The normalized spacial score (nSPS) is 15.9. The Morgan fingerprint density at radius 3 is 1.44 bits per heavy atom. The minimum Gasteiger partial charge on any atom is -0.481 e. The van der Waals surface area contributed by atoms with Crippen LogP contribution in [0.5, 0.6) is 0 Å². The third kappa shape index (κ3) is 26.0. The van der Waals surface area contributed by atoms with E-state index in [4.69, 9.17) is 28.7 Å². The number of carbonyl (C=O) groups excluding carboxylic acids is 9. The predicted molar refractivity (Wildman–Crippen MR) is 303 cm³/mol. The molecule has 9 atom stereocenters. The lowest BCUT2D eigenvalue weighted by Gasteiger charge is -2.29. The van der Waals surface area contributed by atoms with Gasteiger partial charge in [0.1, 0.15) is 54.4 Å². The highest BCUT2D eigenvalue weighted by atomic mass is 16.4. The van der Waals surface area contributed by atoms with Crippen LogP contribution in [0, 0.1) is 17.8 Å². The Morgan fingerprint density at radius 2 is 0.963 bits per heavy atom. The second-order valence-corrected chi connectivity index (χ2v) is 21.5. The van der Waals surface area contributed by atoms with Gasteiger partial charge in [-0.3, -0.25) is 57.9 Å². The van der Waals surface area contributed by atoms with Crippen molar-refractivity contribution < 1.29 is 63.0 Å². The van der Waals surface area contributed by atoms with Crippen molar-refractivity contribution in [3.8, 4) is 0 Å². The molecule has 0 radical (unpaired) electrons. The molecule has 1 aromatic rings. The molecule has 0 saturated carbocycles. The summed E-state index contributed by atoms with van der Waals surface area (Å²) >= 11 is 0. The van der Waals surface area contributed by atoms with Crippen molar-refractivity contribution in [3.63, 3.8) is 0 Å². The Bertz CT molecular complexity index is 2400. The standard InChI is InChI=1S/C53H88N16O13/c1-28(2)22-35(65-45(75)34(17-12-20-60-53(57)58)63-47(77)36(23-29(3)4)67-50(80)40-18-13-21-69(40)41(70)27-54)46(76)62-33(16-11-19-59-52(55)56)44(74)61-31(7)43(73)64-37(25-32-14-9-8-10-15-32)48(78)66-38(26-42(71)72)49(79)68-39(51(81)82)24-30(5)6/h8-10,14-15,28-31,33-40H,11-13,16-27,54H2,1-7H3,(H,61,74)(H,62,76)(H,63,77)(H,64,73)(H,65,75)(H,66,78)(H,67,80)(H,68,79)(H,71,72)(H,81,82)(H4,55,56,59)(H4,57,58,60)/t31-,33-,34-,35-,36-,37-,38-,39-,40-/m0/s1. The lowest BCUT2D eigenvalue weighted by Crippen LogP contribution is -2.60. The molecule has 29 nitrogen and oxygen atoms in total. The van der Waals surface area contributed by atoms with Gasteiger partial charge in [-0.15, -0.1) is 0 Å². The summed E-state index contributed by atoms with van der Waals surface area (Å²) in [6, 6.07) is -3.83. The number of nitrogens with zero attached hydrogens (tertiary/aromatic N) is 3. The number of likely N-dealkylation sites (tertiary alicyclic amines) is 1. The van der Waals surface area contributed by atoms with Crippen LogP contribution in [0.2, 0.25) is 0 Å². The van der Waals surface area contributed by atoms with E-state index in [9.17, 15) is 63.0 Å². The van der Waals surface area contributed by atoms with E-state index in [1.165, 1.54) is 11.8 Å². The average molecular weight is 1160 g/mol. The van der Waals surface area contributed by atoms with E-state index in [1.54, 1.807) is 58.0 Å². The number of hydrogen-bond acceptors (Lipinski definition) is 14. The monoisotopic (exact) mass is 1160 g/mol. The van der Waals surface area contributed by atoms with Gasteiger partial charge in [0.15, 0.2) is 11.9 Å². The highest BCUT2D eigenvalue weighted by Crippen LogP contribution is 2.19. The van der Waals surface area contributed by atoms with Gasteiger partial charge in [0, 0.05) is 26.1 Å². The molecule has 0 aromatic heterocycles. The predicted octanol–water partition coefficient (Wildman–Crippen LogP) is -3.12. The van der Waals surface area contributed by atoms with E-state index in [2.05, 4.69) is 52.5 Å². The molecule has 458 valence electrons. The maximum Gasteiger partial charge on any atom is 0.326 e. The molecule has 0 bridgehead atoms. The Labute approximate surface area is 478 Å². The molecule has 0 aliphatic carbocycles. The number of nitrogens with one attached hydrogen (secondary N) is 8. The molecule has 0 unspecified atom stereocenters. The van der Waals surface area contributed by atoms with Gasteiger partial charge >= 0.3 is 11.9 Å². The number of rotatable bonds is 36. The van der Waals surface area contributed by atoms with Gasteiger partial charge in [0.05, 0.1) is 13.0 Å². The Kier molecular flexibility index (Phi) is 30.4. The smallest absolute Gasteiger partial charge is 0.326 e. The molecule has 82 heavy (non-hydrogen) atoms. The number of aliphatic imine (C=N–C) groups is 2. The minimum absolute atomic E-state index is 0.00120. The fourth-order valence-electron chi connectivity index (χ4n) is 8.85. The molecular weight excluding hydrogens is 1070 g/mol. The number of nitrogens with two attached hydrogens (primary N) is 5. The third-order valence-electron chi connectivity index (χ3n) is 12.9. The van der Waals surface area contributed by atoms with E-state index in [1.807, 2.05) is 13.8 Å². The van der Waals surface area contributed by atoms with Gasteiger partial charge in [-0.25, -0.2) is 4.79 Å². The van der Waals surface area contributed by atoms with Gasteiger partial charge in [-0.05, 0) is 88.0 Å². The Morgan fingerprint density at radius 1 is 0.549 bits per heavy atom. The summed E-state index contributed by atoms with van der Waals surface area (Å²) in [6.07, 6.45) is 0.0940. The lowest BCUT2D eigenvalue weighted by atomic mass is 10.00. The molecule has 1 saturated heterocycles. The van der Waals surface area contributed by atoms with Gasteiger partial charge in [-0.1, -0.05) is 71.9 Å². The average Bonchev–Trinajstić information content (AvgIpc) is 3.91. The molecule has 1 heterocycles. The maximum absolute atomic E-state index is 14.4. The van der Waals surface area contributed by atoms with Crippen LogP contribution in [-0.2, 0) is 59.2 Å². The number of carbonyl (C=O) groups is 11. The van der Waals surface area contributed by atoms with Crippen molar-refractivity contribution in [3.05, 3.63) is 35.9 Å². The zero-order valence-corrected chi connectivity index (χ0v) is 48.0. The molecule has 1 aromatic carbocycles. The summed E-state index contributed by atoms with van der Waals surface area (Å²) in [5.41, 5.74) is 28.2. The Hall–Kier alpha value is -8.11. The number of carboxylic acids is 2. The molecule has 2 rings (SSSR count). The summed E-state index contributed by atoms with van der Waals surface area (Å²) in [5.74, 6) is -11.1. The molecule has 29 heteroatoms. The van der Waals surface area contributed by atoms with Gasteiger partial charge in [-0.2, -0.15) is 0 Å². The first-order chi connectivity index (χ1) is 38.5. The van der Waals surface area contributed by atoms with E-state index in [0.717, 1.165) is 0 Å². The van der Waals surface area contributed by atoms with Crippen LogP contribution in [0.1, 0.15) is 118 Å². The molecule has 9 amide bonds. The molecule has 1 aliphatic heterocycles. The van der Waals surface area contributed by atoms with Crippen molar-refractivity contribution in [1.82, 2.24) is 47.4 Å². The largest absolute Gasteiger partial charge is 0.481 e. The van der Waals surface area contributed by atoms with Crippen LogP contribution in [0.25, 0.3) is 0 Å². The first kappa shape index (κ1) is 70.0. The third-order valence-corrected chi connectivity index (χ3v) is 12.9. The zero-order chi connectivity index (χ0) is 61.8. The van der Waals surface area contributed by atoms with Crippen LogP contribution in [0.3, 0.4) is 0 Å². The van der Waals surface area contributed by atoms with Crippen molar-refractivity contribution in [1.29, 1.82) is 0 Å². The second-order valence-electron chi connectivity index (χ2n) is 21.5. The van der Waals surface area contributed by atoms with Crippen molar-refractivity contribution in [2.45, 2.75) is 173 Å². The summed E-state index contributed by atoms with van der Waals surface area (Å²) < 4.78 is 0. The fourth-order valence-corrected chi connectivity index (χ4v) is 8.85. The highest BCUT2D eigenvalue weighted by Gasteiger charge is 2.38. The molecule has 20 N–H and O–H groups in total. The Balaban J connectivity index is 2.45. The van der Waals surface area contributed by atoms with Crippen molar-refractivity contribution >= 4 is 77.0 Å². The zero-order valence-electron chi connectivity index (χ0n) is 48.0. The summed E-state index contributed by atoms with van der Waals surface area (Å²) in [7, 11) is 0. The first-order valence-corrected chi connectivity index (χ1v) is 27.5. The van der Waals surface area contributed by atoms with Crippen LogP contribution < -0.4 is 71.2 Å². The quantitative estimate of drug-likeness (QED) is 0.0180. The van der Waals surface area contributed by atoms with Gasteiger partial charge < -0.3 is 86.3 Å². The van der Waals surface area contributed by atoms with E-state index < -0.39 is 126 Å².